The molecule has 0 aliphatic heterocycles. The van der Waals surface area contributed by atoms with Crippen molar-refractivity contribution in [1.29, 1.82) is 0 Å². The molecule has 0 radical (unpaired) electrons. The number of anilines is 1. The number of benzene rings is 1. The lowest BCUT2D eigenvalue weighted by Gasteiger charge is -2.27. The number of hydrogen-bond donors (Lipinski definition) is 2. The van der Waals surface area contributed by atoms with E-state index in [1.54, 1.807) is 26.0 Å². The molecule has 1 unspecified atom stereocenters. The Morgan fingerprint density at radius 2 is 1.93 bits per heavy atom. The summed E-state index contributed by atoms with van der Waals surface area (Å²) in [5.41, 5.74) is 5.42. The summed E-state index contributed by atoms with van der Waals surface area (Å²) in [5, 5.41) is 9.67. The molecule has 0 saturated carbocycles. The van der Waals surface area contributed by atoms with Crippen molar-refractivity contribution in [3.05, 3.63) is 24.3 Å². The fraction of sp³-hybridized carbons (Fsp3) is 0.455. The lowest BCUT2D eigenvalue weighted by atomic mass is 10.0. The fourth-order valence-corrected chi connectivity index (χ4v) is 0.923. The largest absolute Gasteiger partial charge is 0.486 e. The van der Waals surface area contributed by atoms with E-state index >= 15 is 0 Å². The van der Waals surface area contributed by atoms with Crippen LogP contribution in [0.3, 0.4) is 0 Å². The SMILES string of the molecule is CC(Oc1ccccc1N)C(C)(C)O. The summed E-state index contributed by atoms with van der Waals surface area (Å²) >= 11 is 0. The first-order valence-electron chi connectivity index (χ1n) is 4.65. The summed E-state index contributed by atoms with van der Waals surface area (Å²) in [4.78, 5) is 0. The summed E-state index contributed by atoms with van der Waals surface area (Å²) in [6, 6.07) is 7.25. The minimum atomic E-state index is -0.873. The number of hydrogen-bond acceptors (Lipinski definition) is 3. The smallest absolute Gasteiger partial charge is 0.142 e. The van der Waals surface area contributed by atoms with Gasteiger partial charge in [0.2, 0.25) is 0 Å². The fourth-order valence-electron chi connectivity index (χ4n) is 0.923. The van der Waals surface area contributed by atoms with Gasteiger partial charge >= 0.3 is 0 Å². The Kier molecular flexibility index (Phi) is 3.01. The highest BCUT2D eigenvalue weighted by Gasteiger charge is 2.24. The van der Waals surface area contributed by atoms with Crippen LogP contribution in [-0.4, -0.2) is 16.8 Å². The molecule has 0 bridgehead atoms. The molecule has 0 aromatic heterocycles. The molecule has 0 amide bonds. The van der Waals surface area contributed by atoms with Crippen molar-refractivity contribution >= 4 is 5.69 Å². The zero-order valence-corrected chi connectivity index (χ0v) is 8.82. The van der Waals surface area contributed by atoms with Gasteiger partial charge in [0.25, 0.3) is 0 Å². The van der Waals surface area contributed by atoms with Crippen LogP contribution in [-0.2, 0) is 0 Å². The van der Waals surface area contributed by atoms with E-state index < -0.39 is 5.60 Å². The molecule has 0 saturated heterocycles. The lowest BCUT2D eigenvalue weighted by molar-refractivity contribution is -0.0238. The van der Waals surface area contributed by atoms with E-state index in [4.69, 9.17) is 10.5 Å². The molecule has 3 heteroatoms. The highest BCUT2D eigenvalue weighted by atomic mass is 16.5. The van der Waals surface area contributed by atoms with Crippen LogP contribution in [0.25, 0.3) is 0 Å². The topological polar surface area (TPSA) is 55.5 Å². The molecule has 1 aromatic carbocycles. The summed E-state index contributed by atoms with van der Waals surface area (Å²) in [7, 11) is 0. The molecule has 1 atom stereocenters. The number of ether oxygens (including phenoxy) is 1. The van der Waals surface area contributed by atoms with Gasteiger partial charge in [-0.2, -0.15) is 0 Å². The standard InChI is InChI=1S/C11H17NO2/c1-8(11(2,3)13)14-10-7-5-4-6-9(10)12/h4-8,13H,12H2,1-3H3. The average molecular weight is 195 g/mol. The van der Waals surface area contributed by atoms with Crippen LogP contribution in [0.15, 0.2) is 24.3 Å². The van der Waals surface area contributed by atoms with Gasteiger partial charge < -0.3 is 15.6 Å². The van der Waals surface area contributed by atoms with E-state index in [0.717, 1.165) is 0 Å². The van der Waals surface area contributed by atoms with Crippen molar-refractivity contribution in [2.24, 2.45) is 0 Å². The first-order chi connectivity index (χ1) is 6.41. The highest BCUT2D eigenvalue weighted by Crippen LogP contribution is 2.24. The molecule has 0 aliphatic carbocycles. The summed E-state index contributed by atoms with van der Waals surface area (Å²) in [5.74, 6) is 0.613. The molecule has 1 rings (SSSR count). The number of nitrogen functional groups attached to an aromatic ring is 1. The Morgan fingerprint density at radius 1 is 1.36 bits per heavy atom. The minimum absolute atomic E-state index is 0.299. The maximum Gasteiger partial charge on any atom is 0.142 e. The molecular weight excluding hydrogens is 178 g/mol. The van der Waals surface area contributed by atoms with Crippen LogP contribution in [0, 0.1) is 0 Å². The number of para-hydroxylation sites is 2. The molecule has 0 heterocycles. The van der Waals surface area contributed by atoms with Crippen LogP contribution in [0.4, 0.5) is 5.69 Å². The van der Waals surface area contributed by atoms with Gasteiger partial charge in [0.15, 0.2) is 0 Å². The van der Waals surface area contributed by atoms with Crippen molar-refractivity contribution < 1.29 is 9.84 Å². The second kappa shape index (κ2) is 3.88. The summed E-state index contributed by atoms with van der Waals surface area (Å²) < 4.78 is 5.53. The van der Waals surface area contributed by atoms with Gasteiger partial charge in [0.05, 0.1) is 11.3 Å². The Hall–Kier alpha value is -1.22. The number of aliphatic hydroxyl groups is 1. The van der Waals surface area contributed by atoms with Crippen molar-refractivity contribution in [1.82, 2.24) is 0 Å². The second-order valence-electron chi connectivity index (χ2n) is 3.95. The van der Waals surface area contributed by atoms with Crippen LogP contribution >= 0.6 is 0 Å². The number of rotatable bonds is 3. The average Bonchev–Trinajstić information content (AvgIpc) is 2.07. The first-order valence-corrected chi connectivity index (χ1v) is 4.65. The Labute approximate surface area is 84.5 Å². The van der Waals surface area contributed by atoms with Gasteiger partial charge in [-0.1, -0.05) is 12.1 Å². The molecular formula is C11H17NO2. The van der Waals surface area contributed by atoms with Crippen LogP contribution in [0.5, 0.6) is 5.75 Å². The summed E-state index contributed by atoms with van der Waals surface area (Å²) in [6.45, 7) is 5.22. The van der Waals surface area contributed by atoms with Crippen molar-refractivity contribution in [2.75, 3.05) is 5.73 Å². The lowest BCUT2D eigenvalue weighted by Crippen LogP contribution is -2.38. The van der Waals surface area contributed by atoms with Crippen LogP contribution in [0.2, 0.25) is 0 Å². The maximum atomic E-state index is 9.67. The van der Waals surface area contributed by atoms with E-state index in [9.17, 15) is 5.11 Å². The molecule has 78 valence electrons. The van der Waals surface area contributed by atoms with Gasteiger partial charge in [-0.05, 0) is 32.9 Å². The predicted octanol–water partition coefficient (Wildman–Crippen LogP) is 1.81. The number of nitrogens with two attached hydrogens (primary N) is 1. The first kappa shape index (κ1) is 10.9. The van der Waals surface area contributed by atoms with Crippen molar-refractivity contribution in [2.45, 2.75) is 32.5 Å². The van der Waals surface area contributed by atoms with Gasteiger partial charge in [-0.25, -0.2) is 0 Å². The second-order valence-corrected chi connectivity index (χ2v) is 3.95. The molecule has 3 nitrogen and oxygen atoms in total. The quantitative estimate of drug-likeness (QED) is 0.723. The van der Waals surface area contributed by atoms with Crippen molar-refractivity contribution in [3.8, 4) is 5.75 Å². The molecule has 3 N–H and O–H groups in total. The Morgan fingerprint density at radius 3 is 2.43 bits per heavy atom. The van der Waals surface area contributed by atoms with E-state index in [1.807, 2.05) is 19.1 Å². The van der Waals surface area contributed by atoms with E-state index in [0.29, 0.717) is 11.4 Å². The van der Waals surface area contributed by atoms with Crippen molar-refractivity contribution in [3.63, 3.8) is 0 Å². The highest BCUT2D eigenvalue weighted by molar-refractivity contribution is 5.51. The normalized spacial score (nSPS) is 13.7. The Balaban J connectivity index is 2.75. The third-order valence-electron chi connectivity index (χ3n) is 2.22. The molecule has 0 aliphatic rings. The zero-order valence-electron chi connectivity index (χ0n) is 8.82. The van der Waals surface area contributed by atoms with Gasteiger partial charge in [-0.15, -0.1) is 0 Å². The third kappa shape index (κ3) is 2.64. The van der Waals surface area contributed by atoms with E-state index in [-0.39, 0.29) is 6.10 Å². The molecule has 0 spiro atoms. The molecule has 14 heavy (non-hydrogen) atoms. The monoisotopic (exact) mass is 195 g/mol. The van der Waals surface area contributed by atoms with Gasteiger partial charge in [0, 0.05) is 0 Å². The maximum absolute atomic E-state index is 9.67. The summed E-state index contributed by atoms with van der Waals surface area (Å²) in [6.07, 6.45) is -0.299. The third-order valence-corrected chi connectivity index (χ3v) is 2.22. The molecule has 0 fully saturated rings. The van der Waals surface area contributed by atoms with E-state index in [2.05, 4.69) is 0 Å². The van der Waals surface area contributed by atoms with Crippen LogP contribution < -0.4 is 10.5 Å². The van der Waals surface area contributed by atoms with Gasteiger partial charge in [0.1, 0.15) is 11.9 Å². The van der Waals surface area contributed by atoms with Crippen LogP contribution in [0.1, 0.15) is 20.8 Å². The van der Waals surface area contributed by atoms with E-state index in [1.165, 1.54) is 0 Å². The predicted molar refractivity (Wildman–Crippen MR) is 57.2 cm³/mol. The zero-order chi connectivity index (χ0) is 10.8. The van der Waals surface area contributed by atoms with Gasteiger partial charge in [-0.3, -0.25) is 0 Å². The molecule has 1 aromatic rings. The Bertz CT molecular complexity index is 304. The minimum Gasteiger partial charge on any atom is -0.486 e.